The van der Waals surface area contributed by atoms with Crippen molar-refractivity contribution in [3.05, 3.63) is 23.3 Å². The van der Waals surface area contributed by atoms with E-state index in [9.17, 15) is 0 Å². The average Bonchev–Trinajstić information content (AvgIpc) is 2.59. The molecule has 1 aliphatic heterocycles. The Bertz CT molecular complexity index is 216. The lowest BCUT2D eigenvalue weighted by atomic mass is 10.1. The van der Waals surface area contributed by atoms with Crippen molar-refractivity contribution in [2.75, 3.05) is 19.6 Å². The van der Waals surface area contributed by atoms with E-state index in [2.05, 4.69) is 37.8 Å². The van der Waals surface area contributed by atoms with Crippen molar-refractivity contribution < 1.29 is 0 Å². The third kappa shape index (κ3) is 3.83. The van der Waals surface area contributed by atoms with Crippen LogP contribution in [0, 0.1) is 0 Å². The monoisotopic (exact) mass is 207 g/mol. The van der Waals surface area contributed by atoms with Crippen molar-refractivity contribution in [1.29, 1.82) is 0 Å². The van der Waals surface area contributed by atoms with Gasteiger partial charge >= 0.3 is 0 Å². The smallest absolute Gasteiger partial charge is 0.0237 e. The second-order valence-electron chi connectivity index (χ2n) is 4.34. The average molecular weight is 207 g/mol. The summed E-state index contributed by atoms with van der Waals surface area (Å²) in [6.07, 6.45) is 9.76. The molecule has 1 fully saturated rings. The van der Waals surface area contributed by atoms with Gasteiger partial charge in [-0.1, -0.05) is 39.3 Å². The minimum absolute atomic E-state index is 1.16. The number of unbranched alkanes of at least 4 members (excludes halogenated alkanes) is 1. The molecule has 1 nitrogen and oxygen atoms in total. The molecule has 0 N–H and O–H groups in total. The zero-order valence-electron chi connectivity index (χ0n) is 10.6. The van der Waals surface area contributed by atoms with E-state index in [1.807, 2.05) is 0 Å². The molecule has 1 aliphatic rings. The van der Waals surface area contributed by atoms with E-state index in [1.54, 1.807) is 11.1 Å². The summed E-state index contributed by atoms with van der Waals surface area (Å²) >= 11 is 0. The summed E-state index contributed by atoms with van der Waals surface area (Å²) in [6.45, 7) is 10.3. The van der Waals surface area contributed by atoms with E-state index in [0.717, 1.165) is 12.8 Å². The molecule has 1 heteroatoms. The lowest BCUT2D eigenvalue weighted by Gasteiger charge is -2.12. The van der Waals surface area contributed by atoms with Crippen molar-refractivity contribution in [2.45, 2.75) is 46.5 Å². The van der Waals surface area contributed by atoms with Crippen LogP contribution in [0.3, 0.4) is 0 Å². The van der Waals surface area contributed by atoms with Gasteiger partial charge in [0.2, 0.25) is 0 Å². The van der Waals surface area contributed by atoms with Crippen molar-refractivity contribution in [3.8, 4) is 0 Å². The van der Waals surface area contributed by atoms with Crippen LogP contribution in [0.5, 0.6) is 0 Å². The van der Waals surface area contributed by atoms with Crippen LogP contribution in [-0.2, 0) is 0 Å². The second kappa shape index (κ2) is 6.84. The highest BCUT2D eigenvalue weighted by atomic mass is 15.1. The minimum atomic E-state index is 1.16. The number of allylic oxidation sites excluding steroid dienone is 2. The zero-order valence-corrected chi connectivity index (χ0v) is 10.6. The molecule has 0 spiro atoms. The normalized spacial score (nSPS) is 23.1. The maximum absolute atomic E-state index is 2.58. The Morgan fingerprint density at radius 1 is 1.00 bits per heavy atom. The molecule has 0 radical (unpaired) electrons. The Labute approximate surface area is 94.9 Å². The highest BCUT2D eigenvalue weighted by Crippen LogP contribution is 2.23. The number of nitrogens with zero attached hydrogens (tertiary/aromatic N) is 1. The molecule has 0 aromatic carbocycles. The molecular weight excluding hydrogens is 182 g/mol. The fourth-order valence-electron chi connectivity index (χ4n) is 2.16. The first kappa shape index (κ1) is 12.5. The Morgan fingerprint density at radius 3 is 1.93 bits per heavy atom. The van der Waals surface area contributed by atoms with Crippen LogP contribution in [0.2, 0.25) is 0 Å². The molecule has 0 aliphatic carbocycles. The van der Waals surface area contributed by atoms with E-state index in [-0.39, 0.29) is 0 Å². The van der Waals surface area contributed by atoms with Gasteiger partial charge in [-0.15, -0.1) is 0 Å². The molecule has 0 aromatic rings. The fraction of sp³-hybridized carbons (Fsp3) is 0.714. The predicted molar refractivity (Wildman–Crippen MR) is 68.1 cm³/mol. The Hall–Kier alpha value is -0.560. The molecule has 1 saturated heterocycles. The molecule has 1 rings (SSSR count). The highest BCUT2D eigenvalue weighted by Gasteiger charge is 2.19. The van der Waals surface area contributed by atoms with Gasteiger partial charge in [-0.3, -0.25) is 4.90 Å². The van der Waals surface area contributed by atoms with Crippen LogP contribution in [0.1, 0.15) is 46.5 Å². The van der Waals surface area contributed by atoms with E-state index in [4.69, 9.17) is 0 Å². The first-order valence-corrected chi connectivity index (χ1v) is 6.42. The van der Waals surface area contributed by atoms with Gasteiger partial charge < -0.3 is 0 Å². The van der Waals surface area contributed by atoms with Gasteiger partial charge in [-0.2, -0.15) is 0 Å². The highest BCUT2D eigenvalue weighted by molar-refractivity contribution is 5.37. The summed E-state index contributed by atoms with van der Waals surface area (Å²) in [7, 11) is 0. The van der Waals surface area contributed by atoms with Gasteiger partial charge in [0.25, 0.3) is 0 Å². The maximum Gasteiger partial charge on any atom is 0.0237 e. The SMILES string of the molecule is CCC=C1CN(CCCC)CC1=CCC. The van der Waals surface area contributed by atoms with Gasteiger partial charge in [-0.05, 0) is 37.0 Å². The maximum atomic E-state index is 2.58. The van der Waals surface area contributed by atoms with Gasteiger partial charge in [0.1, 0.15) is 0 Å². The van der Waals surface area contributed by atoms with Crippen LogP contribution in [0.15, 0.2) is 23.3 Å². The van der Waals surface area contributed by atoms with Crippen LogP contribution in [-0.4, -0.2) is 24.5 Å². The lowest BCUT2D eigenvalue weighted by molar-refractivity contribution is 0.347. The summed E-state index contributed by atoms with van der Waals surface area (Å²) < 4.78 is 0. The molecule has 0 saturated carbocycles. The van der Waals surface area contributed by atoms with E-state index >= 15 is 0 Å². The summed E-state index contributed by atoms with van der Waals surface area (Å²) in [5, 5.41) is 0. The molecule has 0 atom stereocenters. The fourth-order valence-corrected chi connectivity index (χ4v) is 2.16. The number of likely N-dealkylation sites (tertiary alicyclic amines) is 1. The summed E-state index contributed by atoms with van der Waals surface area (Å²) in [5.41, 5.74) is 3.16. The molecule has 0 aromatic heterocycles. The van der Waals surface area contributed by atoms with Gasteiger partial charge in [-0.25, -0.2) is 0 Å². The van der Waals surface area contributed by atoms with Crippen molar-refractivity contribution in [3.63, 3.8) is 0 Å². The molecule has 0 bridgehead atoms. The standard InChI is InChI=1S/C14H25N/c1-4-7-10-15-11-13(8-5-2)14(12-15)9-6-3/h8-9H,4-7,10-12H2,1-3H3. The Balaban J connectivity index is 2.57. The van der Waals surface area contributed by atoms with Gasteiger partial charge in [0, 0.05) is 13.1 Å². The largest absolute Gasteiger partial charge is 0.295 e. The van der Waals surface area contributed by atoms with Gasteiger partial charge in [0.05, 0.1) is 0 Å². The van der Waals surface area contributed by atoms with Crippen molar-refractivity contribution >= 4 is 0 Å². The topological polar surface area (TPSA) is 3.24 Å². The molecule has 86 valence electrons. The molecule has 15 heavy (non-hydrogen) atoms. The number of hydrogen-bond acceptors (Lipinski definition) is 1. The molecule has 0 amide bonds. The molecule has 0 unspecified atom stereocenters. The van der Waals surface area contributed by atoms with Crippen LogP contribution < -0.4 is 0 Å². The minimum Gasteiger partial charge on any atom is -0.295 e. The van der Waals surface area contributed by atoms with Crippen molar-refractivity contribution in [1.82, 2.24) is 4.90 Å². The van der Waals surface area contributed by atoms with Crippen LogP contribution >= 0.6 is 0 Å². The number of hydrogen-bond donors (Lipinski definition) is 0. The third-order valence-electron chi connectivity index (χ3n) is 2.93. The van der Waals surface area contributed by atoms with Crippen LogP contribution in [0.4, 0.5) is 0 Å². The summed E-state index contributed by atoms with van der Waals surface area (Å²) in [5.74, 6) is 0. The quantitative estimate of drug-likeness (QED) is 0.663. The van der Waals surface area contributed by atoms with E-state index < -0.39 is 0 Å². The first-order chi connectivity index (χ1) is 7.31. The third-order valence-corrected chi connectivity index (χ3v) is 2.93. The lowest BCUT2D eigenvalue weighted by Crippen LogP contribution is -2.20. The van der Waals surface area contributed by atoms with Crippen LogP contribution in [0.25, 0.3) is 0 Å². The molecular formula is C14H25N. The zero-order chi connectivity index (χ0) is 11.1. The number of rotatable bonds is 5. The second-order valence-corrected chi connectivity index (χ2v) is 4.34. The molecule has 1 heterocycles. The first-order valence-electron chi connectivity index (χ1n) is 6.42. The summed E-state index contributed by atoms with van der Waals surface area (Å²) in [4.78, 5) is 2.58. The summed E-state index contributed by atoms with van der Waals surface area (Å²) in [6, 6.07) is 0. The van der Waals surface area contributed by atoms with Crippen molar-refractivity contribution in [2.24, 2.45) is 0 Å². The van der Waals surface area contributed by atoms with Gasteiger partial charge in [0.15, 0.2) is 0 Å². The Kier molecular flexibility index (Phi) is 5.70. The van der Waals surface area contributed by atoms with E-state index in [1.165, 1.54) is 32.5 Å². The van der Waals surface area contributed by atoms with E-state index in [0.29, 0.717) is 0 Å². The Morgan fingerprint density at radius 2 is 1.53 bits per heavy atom. The predicted octanol–water partition coefficient (Wildman–Crippen LogP) is 3.77.